The average molecular weight is 1100 g/mol. The number of rotatable bonds is 18. The number of hydrogen-bond donors (Lipinski definition) is 5. The van der Waals surface area contributed by atoms with E-state index in [1.807, 2.05) is 60.1 Å². The summed E-state index contributed by atoms with van der Waals surface area (Å²) in [6.45, 7) is 20.9. The second kappa shape index (κ2) is 24.7. The summed E-state index contributed by atoms with van der Waals surface area (Å²) in [6.07, 6.45) is 2.00. The zero-order chi connectivity index (χ0) is 58.5. The van der Waals surface area contributed by atoms with Crippen molar-refractivity contribution in [2.45, 2.75) is 112 Å². The van der Waals surface area contributed by atoms with E-state index in [4.69, 9.17) is 26.4 Å². The molecule has 0 saturated carbocycles. The van der Waals surface area contributed by atoms with Crippen molar-refractivity contribution in [3.8, 4) is 0 Å². The number of aliphatic hydroxyl groups is 2. The van der Waals surface area contributed by atoms with Gasteiger partial charge in [0.2, 0.25) is 17.8 Å². The van der Waals surface area contributed by atoms with Crippen molar-refractivity contribution in [1.29, 1.82) is 0 Å². The first-order valence-electron chi connectivity index (χ1n) is 28.5. The first kappa shape index (κ1) is 58.1. The van der Waals surface area contributed by atoms with Crippen molar-refractivity contribution < 1.29 is 10.2 Å². The van der Waals surface area contributed by atoms with Crippen LogP contribution in [-0.2, 0) is 32.7 Å². The highest BCUT2D eigenvalue weighted by molar-refractivity contribution is 6.09. The summed E-state index contributed by atoms with van der Waals surface area (Å²) in [6, 6.07) is 45.4. The van der Waals surface area contributed by atoms with E-state index in [9.17, 15) is 10.2 Å². The molecule has 0 amide bonds. The number of nitrogens with two attached hydrogens (primary N) is 2. The highest BCUT2D eigenvalue weighted by atomic mass is 16.3. The molecular formula is C65H81N15O2. The third-order valence-electron chi connectivity index (χ3n) is 13.9. The van der Waals surface area contributed by atoms with Crippen LogP contribution >= 0.6 is 0 Å². The largest absolute Gasteiger partial charge is 0.389 e. The number of benzene rings is 5. The van der Waals surface area contributed by atoms with E-state index in [1.165, 1.54) is 11.1 Å². The second-order valence-corrected chi connectivity index (χ2v) is 23.2. The lowest BCUT2D eigenvalue weighted by Gasteiger charge is -2.25. The Morgan fingerprint density at radius 3 is 1.44 bits per heavy atom. The molecule has 17 nitrogen and oxygen atoms in total. The summed E-state index contributed by atoms with van der Waals surface area (Å²) in [7, 11) is 6.15. The van der Waals surface area contributed by atoms with Crippen molar-refractivity contribution >= 4 is 101 Å². The fraction of sp³-hybridized carbons (Fsp3) is 0.354. The number of para-hydroxylation sites is 3. The SMILES string of the molecule is CC(C)Cn1c(N(C)C)nc2c(N(Cc3ccccc3)Cc3ccccc3)nc3ccccc3c21.CCCN(C)c1nc2c(N)nc3ccccc3c2n1CC(C)(C)O.CCCNc1nc2c(N)nc3ccccc3c2n1CC(C)(C)O. The van der Waals surface area contributed by atoms with Gasteiger partial charge in [-0.15, -0.1) is 0 Å². The Kier molecular flexibility index (Phi) is 17.5. The molecule has 17 heteroatoms. The fourth-order valence-electron chi connectivity index (χ4n) is 10.6. The highest BCUT2D eigenvalue weighted by Crippen LogP contribution is 2.37. The summed E-state index contributed by atoms with van der Waals surface area (Å²) < 4.78 is 6.44. The predicted octanol–water partition coefficient (Wildman–Crippen LogP) is 12.1. The molecule has 11 aromatic rings. The third kappa shape index (κ3) is 13.0. The minimum atomic E-state index is -0.866. The molecule has 11 rings (SSSR count). The molecule has 428 valence electrons. The Bertz CT molecular complexity index is 3910. The van der Waals surface area contributed by atoms with Crippen molar-refractivity contribution in [2.75, 3.05) is 65.7 Å². The van der Waals surface area contributed by atoms with Gasteiger partial charge in [0.15, 0.2) is 17.5 Å². The van der Waals surface area contributed by atoms with E-state index in [1.54, 1.807) is 27.7 Å². The molecule has 6 aromatic heterocycles. The van der Waals surface area contributed by atoms with E-state index in [0.717, 1.165) is 118 Å². The summed E-state index contributed by atoms with van der Waals surface area (Å²) >= 11 is 0. The molecule has 0 saturated heterocycles. The number of nitrogens with zero attached hydrogens (tertiary/aromatic N) is 12. The molecule has 0 aliphatic rings. The summed E-state index contributed by atoms with van der Waals surface area (Å²) in [5.74, 6) is 4.74. The number of anilines is 6. The van der Waals surface area contributed by atoms with E-state index in [2.05, 4.69) is 171 Å². The number of aromatic nitrogens is 9. The monoisotopic (exact) mass is 1100 g/mol. The Hall–Kier alpha value is -8.54. The lowest BCUT2D eigenvalue weighted by atomic mass is 10.1. The van der Waals surface area contributed by atoms with Crippen LogP contribution < -0.4 is 31.5 Å². The van der Waals surface area contributed by atoms with Crippen molar-refractivity contribution in [1.82, 2.24) is 43.6 Å². The average Bonchev–Trinajstić information content (AvgIpc) is 4.25. The minimum Gasteiger partial charge on any atom is -0.389 e. The minimum absolute atomic E-state index is 0.410. The van der Waals surface area contributed by atoms with Crippen LogP contribution in [0.2, 0.25) is 0 Å². The van der Waals surface area contributed by atoms with Gasteiger partial charge in [-0.3, -0.25) is 0 Å². The van der Waals surface area contributed by atoms with Gasteiger partial charge in [0.25, 0.3) is 0 Å². The smallest absolute Gasteiger partial charge is 0.206 e. The molecular weight excluding hydrogens is 1020 g/mol. The Labute approximate surface area is 481 Å². The van der Waals surface area contributed by atoms with Crippen molar-refractivity contribution in [3.63, 3.8) is 0 Å². The van der Waals surface area contributed by atoms with Crippen molar-refractivity contribution in [3.05, 3.63) is 145 Å². The first-order valence-corrected chi connectivity index (χ1v) is 28.5. The highest BCUT2D eigenvalue weighted by Gasteiger charge is 2.27. The van der Waals surface area contributed by atoms with E-state index >= 15 is 0 Å². The maximum atomic E-state index is 10.4. The van der Waals surface area contributed by atoms with Crippen LogP contribution in [-0.4, -0.2) is 99.3 Å². The number of imidazole rings is 3. The zero-order valence-electron chi connectivity index (χ0n) is 49.6. The zero-order valence-corrected chi connectivity index (χ0v) is 49.6. The molecule has 0 fully saturated rings. The van der Waals surface area contributed by atoms with Crippen LogP contribution in [0, 0.1) is 5.92 Å². The standard InChI is InChI=1S/C30H33N5.C18H25N5O.C17H23N5O/c1-22(2)19-35-28-25-17-11-12-18-26(25)31-29(27(28)32-30(35)33(3)4)34(20-23-13-7-5-8-14-23)21-24-15-9-6-10-16-24;1-5-10-22(4)17-21-14-15(23(17)11-18(2,3)24)12-8-6-7-9-13(12)20-16(14)19;1-4-9-19-16-21-13-14(22(16)10-17(2,3)23)11-7-5-6-8-12(11)20-15(13)18/h5-18,22H,19-21H2,1-4H3;6-9,24H,5,10-11H2,1-4H3,(H2,19,20);5-8,23H,4,9-10H2,1-3H3,(H2,18,20)(H,19,21). The molecule has 0 aliphatic heterocycles. The van der Waals surface area contributed by atoms with E-state index in [0.29, 0.717) is 47.6 Å². The molecule has 0 atom stereocenters. The fourth-order valence-corrected chi connectivity index (χ4v) is 10.6. The molecule has 6 heterocycles. The van der Waals surface area contributed by atoms with Gasteiger partial charge in [-0.1, -0.05) is 143 Å². The molecule has 0 bridgehead atoms. The maximum Gasteiger partial charge on any atom is 0.206 e. The lowest BCUT2D eigenvalue weighted by Crippen LogP contribution is -2.29. The summed E-state index contributed by atoms with van der Waals surface area (Å²) in [4.78, 5) is 35.3. The van der Waals surface area contributed by atoms with E-state index in [-0.39, 0.29) is 0 Å². The Morgan fingerprint density at radius 1 is 0.524 bits per heavy atom. The number of nitrogens with one attached hydrogen (secondary N) is 1. The molecule has 0 unspecified atom stereocenters. The Balaban J connectivity index is 0.000000153. The summed E-state index contributed by atoms with van der Waals surface area (Å²) in [5, 5.41) is 27.2. The van der Waals surface area contributed by atoms with Crippen LogP contribution in [0.4, 0.5) is 35.3 Å². The van der Waals surface area contributed by atoms with Crippen LogP contribution in [0.25, 0.3) is 65.8 Å². The number of fused-ring (bicyclic) bond motifs is 9. The number of nitrogen functional groups attached to an aromatic ring is 2. The first-order chi connectivity index (χ1) is 39.2. The van der Waals surface area contributed by atoms with Crippen LogP contribution in [0.15, 0.2) is 133 Å². The van der Waals surface area contributed by atoms with E-state index < -0.39 is 11.2 Å². The molecule has 7 N–H and O–H groups in total. The van der Waals surface area contributed by atoms with Crippen LogP contribution in [0.5, 0.6) is 0 Å². The quantitative estimate of drug-likeness (QED) is 0.0542. The molecule has 0 aliphatic carbocycles. The topological polar surface area (TPSA) is 206 Å². The second-order valence-electron chi connectivity index (χ2n) is 23.2. The van der Waals surface area contributed by atoms with Crippen LogP contribution in [0.1, 0.15) is 79.4 Å². The molecule has 0 spiro atoms. The van der Waals surface area contributed by atoms with Gasteiger partial charge in [0.1, 0.15) is 16.6 Å². The van der Waals surface area contributed by atoms with Gasteiger partial charge in [-0.25, -0.2) is 29.9 Å². The summed E-state index contributed by atoms with van der Waals surface area (Å²) in [5.41, 5.74) is 21.1. The normalized spacial score (nSPS) is 11.9. The lowest BCUT2D eigenvalue weighted by molar-refractivity contribution is 0.0625. The maximum absolute atomic E-state index is 10.4. The van der Waals surface area contributed by atoms with Gasteiger partial charge in [-0.05, 0) is 75.8 Å². The van der Waals surface area contributed by atoms with Crippen molar-refractivity contribution in [2.24, 2.45) is 5.92 Å². The van der Waals surface area contributed by atoms with Gasteiger partial charge in [-0.2, -0.15) is 0 Å². The van der Waals surface area contributed by atoms with Gasteiger partial charge < -0.3 is 55.4 Å². The van der Waals surface area contributed by atoms with Gasteiger partial charge >= 0.3 is 0 Å². The third-order valence-corrected chi connectivity index (χ3v) is 13.9. The predicted molar refractivity (Wildman–Crippen MR) is 341 cm³/mol. The molecule has 5 aromatic carbocycles. The molecule has 0 radical (unpaired) electrons. The van der Waals surface area contributed by atoms with Gasteiger partial charge in [0, 0.05) is 70.0 Å². The molecule has 82 heavy (non-hydrogen) atoms. The Morgan fingerprint density at radius 2 is 0.963 bits per heavy atom. The number of pyridine rings is 3. The van der Waals surface area contributed by atoms with Gasteiger partial charge in [0.05, 0.1) is 57.4 Å². The number of hydrogen-bond acceptors (Lipinski definition) is 14. The van der Waals surface area contributed by atoms with Crippen LogP contribution in [0.3, 0.4) is 0 Å².